The van der Waals surface area contributed by atoms with Gasteiger partial charge in [0.25, 0.3) is 0 Å². The van der Waals surface area contributed by atoms with Gasteiger partial charge in [0, 0.05) is 27.8 Å². The van der Waals surface area contributed by atoms with Crippen molar-refractivity contribution < 1.29 is 14.3 Å². The van der Waals surface area contributed by atoms with Gasteiger partial charge in [-0.25, -0.2) is 4.79 Å². The molecule has 0 atom stereocenters. The van der Waals surface area contributed by atoms with Crippen molar-refractivity contribution in [3.63, 3.8) is 0 Å². The fraction of sp³-hybridized carbons (Fsp3) is 0.0417. The number of ether oxygens (including phenoxy) is 2. The highest BCUT2D eigenvalue weighted by atomic mass is 16.6. The van der Waals surface area contributed by atoms with Gasteiger partial charge in [0.2, 0.25) is 0 Å². The van der Waals surface area contributed by atoms with Crippen LogP contribution in [0.5, 0.6) is 11.5 Å². The standard InChI is InChI=1S/C24H15NO3/c25-19-13-18-22(15-8-2-1-7-14(15)19)23(26)28-24(18)16-9-3-5-11-20(16)27-21-12-6-4-10-17(21)24/h1-13H,25H2. The van der Waals surface area contributed by atoms with Crippen molar-refractivity contribution in [3.05, 3.63) is 101 Å². The van der Waals surface area contributed by atoms with E-state index in [4.69, 9.17) is 15.2 Å². The van der Waals surface area contributed by atoms with Gasteiger partial charge in [0.15, 0.2) is 5.60 Å². The molecule has 4 nitrogen and oxygen atoms in total. The number of carbonyl (C=O) groups is 1. The number of esters is 1. The molecule has 0 bridgehead atoms. The molecular formula is C24H15NO3. The normalized spacial score (nSPS) is 15.5. The molecule has 2 aliphatic rings. The first-order valence-corrected chi connectivity index (χ1v) is 9.12. The number of anilines is 1. The molecule has 0 saturated heterocycles. The summed E-state index contributed by atoms with van der Waals surface area (Å²) in [5.74, 6) is 1.000. The molecule has 28 heavy (non-hydrogen) atoms. The van der Waals surface area contributed by atoms with Crippen LogP contribution in [0.2, 0.25) is 0 Å². The zero-order valence-electron chi connectivity index (χ0n) is 14.8. The van der Waals surface area contributed by atoms with E-state index in [-0.39, 0.29) is 5.97 Å². The molecule has 134 valence electrons. The van der Waals surface area contributed by atoms with Crippen LogP contribution in [0.1, 0.15) is 27.0 Å². The second kappa shape index (κ2) is 5.14. The van der Waals surface area contributed by atoms with Crippen LogP contribution in [0.4, 0.5) is 5.69 Å². The van der Waals surface area contributed by atoms with E-state index in [0.29, 0.717) is 22.7 Å². The molecule has 2 N–H and O–H groups in total. The van der Waals surface area contributed by atoms with E-state index in [9.17, 15) is 4.79 Å². The highest BCUT2D eigenvalue weighted by molar-refractivity contribution is 6.12. The van der Waals surface area contributed by atoms with Crippen molar-refractivity contribution in [3.8, 4) is 11.5 Å². The predicted molar refractivity (Wildman–Crippen MR) is 107 cm³/mol. The van der Waals surface area contributed by atoms with E-state index in [0.717, 1.165) is 27.5 Å². The molecule has 2 heterocycles. The summed E-state index contributed by atoms with van der Waals surface area (Å²) >= 11 is 0. The number of benzene rings is 4. The lowest BCUT2D eigenvalue weighted by Gasteiger charge is -2.36. The minimum absolute atomic E-state index is 0.349. The van der Waals surface area contributed by atoms with Crippen molar-refractivity contribution in [2.75, 3.05) is 5.73 Å². The Bertz CT molecular complexity index is 1260. The highest BCUT2D eigenvalue weighted by Crippen LogP contribution is 2.57. The number of nitrogen functional groups attached to an aromatic ring is 1. The number of para-hydroxylation sites is 2. The Kier molecular flexibility index (Phi) is 2.80. The number of fused-ring (bicyclic) bond motifs is 8. The van der Waals surface area contributed by atoms with Crippen LogP contribution in [0, 0.1) is 0 Å². The highest BCUT2D eigenvalue weighted by Gasteiger charge is 2.54. The van der Waals surface area contributed by atoms with Crippen LogP contribution >= 0.6 is 0 Å². The first-order chi connectivity index (χ1) is 13.7. The molecule has 0 amide bonds. The van der Waals surface area contributed by atoms with Crippen LogP contribution in [0.3, 0.4) is 0 Å². The summed E-state index contributed by atoms with van der Waals surface area (Å²) in [6.45, 7) is 0. The van der Waals surface area contributed by atoms with Crippen LogP contribution in [0.15, 0.2) is 78.9 Å². The average molecular weight is 365 g/mol. The maximum atomic E-state index is 13.2. The molecule has 1 spiro atoms. The van der Waals surface area contributed by atoms with E-state index < -0.39 is 5.60 Å². The fourth-order valence-electron chi connectivity index (χ4n) is 4.50. The van der Waals surface area contributed by atoms with Crippen LogP contribution in [-0.2, 0) is 10.3 Å². The second-order valence-corrected chi connectivity index (χ2v) is 7.10. The topological polar surface area (TPSA) is 61.6 Å². The van der Waals surface area contributed by atoms with E-state index in [1.54, 1.807) is 0 Å². The first kappa shape index (κ1) is 15.3. The largest absolute Gasteiger partial charge is 0.456 e. The lowest BCUT2D eigenvalue weighted by molar-refractivity contribution is 0.0225. The smallest absolute Gasteiger partial charge is 0.340 e. The van der Waals surface area contributed by atoms with Gasteiger partial charge in [0.05, 0.1) is 5.56 Å². The van der Waals surface area contributed by atoms with Gasteiger partial charge < -0.3 is 15.2 Å². The molecule has 4 aromatic carbocycles. The minimum atomic E-state index is -1.07. The van der Waals surface area contributed by atoms with Gasteiger partial charge in [-0.05, 0) is 23.6 Å². The quantitative estimate of drug-likeness (QED) is 0.352. The Morgan fingerprint density at radius 1 is 0.714 bits per heavy atom. The van der Waals surface area contributed by atoms with Crippen LogP contribution < -0.4 is 10.5 Å². The summed E-state index contributed by atoms with van der Waals surface area (Å²) in [5.41, 5.74) is 8.88. The molecule has 0 saturated carbocycles. The van der Waals surface area contributed by atoms with Gasteiger partial charge in [-0.1, -0.05) is 60.7 Å². The van der Waals surface area contributed by atoms with Gasteiger partial charge in [0.1, 0.15) is 11.5 Å². The zero-order valence-corrected chi connectivity index (χ0v) is 14.8. The number of carbonyl (C=O) groups excluding carboxylic acids is 1. The molecule has 0 aromatic heterocycles. The summed E-state index contributed by atoms with van der Waals surface area (Å²) in [6, 6.07) is 24.9. The number of hydrogen-bond donors (Lipinski definition) is 1. The van der Waals surface area contributed by atoms with E-state index in [2.05, 4.69) is 0 Å². The van der Waals surface area contributed by atoms with Crippen LogP contribution in [0.25, 0.3) is 10.8 Å². The van der Waals surface area contributed by atoms with Crippen LogP contribution in [-0.4, -0.2) is 5.97 Å². The third-order valence-electron chi connectivity index (χ3n) is 5.66. The summed E-state index contributed by atoms with van der Waals surface area (Å²) in [5, 5.41) is 1.66. The third-order valence-corrected chi connectivity index (χ3v) is 5.66. The Hall–Kier alpha value is -3.79. The van der Waals surface area contributed by atoms with E-state index >= 15 is 0 Å². The Labute approximate surface area is 161 Å². The second-order valence-electron chi connectivity index (χ2n) is 7.10. The fourth-order valence-corrected chi connectivity index (χ4v) is 4.50. The SMILES string of the molecule is Nc1cc2c(c3ccccc13)C(=O)OC21c2ccccc2Oc2ccccc21. The number of hydrogen-bond acceptors (Lipinski definition) is 4. The summed E-state index contributed by atoms with van der Waals surface area (Å²) < 4.78 is 12.3. The van der Waals surface area contributed by atoms with E-state index in [1.165, 1.54) is 0 Å². The summed E-state index contributed by atoms with van der Waals surface area (Å²) in [6.07, 6.45) is 0. The number of nitrogens with two attached hydrogens (primary N) is 1. The maximum Gasteiger partial charge on any atom is 0.340 e. The van der Waals surface area contributed by atoms with Crippen molar-refractivity contribution >= 4 is 22.4 Å². The lowest BCUT2D eigenvalue weighted by atomic mass is 9.77. The Morgan fingerprint density at radius 3 is 1.96 bits per heavy atom. The molecule has 0 unspecified atom stereocenters. The van der Waals surface area contributed by atoms with Crippen molar-refractivity contribution in [1.82, 2.24) is 0 Å². The predicted octanol–water partition coefficient (Wildman–Crippen LogP) is 4.99. The van der Waals surface area contributed by atoms with Gasteiger partial charge in [-0.15, -0.1) is 0 Å². The lowest BCUT2D eigenvalue weighted by Crippen LogP contribution is -2.33. The molecule has 0 radical (unpaired) electrons. The first-order valence-electron chi connectivity index (χ1n) is 9.12. The summed E-state index contributed by atoms with van der Waals surface area (Å²) in [4.78, 5) is 13.2. The van der Waals surface area contributed by atoms with Gasteiger partial charge in [-0.2, -0.15) is 0 Å². The monoisotopic (exact) mass is 365 g/mol. The molecule has 4 heteroatoms. The van der Waals surface area contributed by atoms with Crippen molar-refractivity contribution in [2.45, 2.75) is 5.60 Å². The molecule has 4 aromatic rings. The molecular weight excluding hydrogens is 350 g/mol. The Balaban J connectivity index is 1.80. The van der Waals surface area contributed by atoms with Gasteiger partial charge >= 0.3 is 5.97 Å². The number of rotatable bonds is 0. The third kappa shape index (κ3) is 1.72. The molecule has 2 aliphatic heterocycles. The average Bonchev–Trinajstić information content (AvgIpc) is 3.01. The molecule has 0 fully saturated rings. The zero-order chi connectivity index (χ0) is 18.9. The van der Waals surface area contributed by atoms with Gasteiger partial charge in [-0.3, -0.25) is 0 Å². The molecule has 0 aliphatic carbocycles. The maximum absolute atomic E-state index is 13.2. The van der Waals surface area contributed by atoms with Crippen molar-refractivity contribution in [1.29, 1.82) is 0 Å². The minimum Gasteiger partial charge on any atom is -0.456 e. The summed E-state index contributed by atoms with van der Waals surface area (Å²) in [7, 11) is 0. The molecule has 6 rings (SSSR count). The Morgan fingerprint density at radius 2 is 1.29 bits per heavy atom. The van der Waals surface area contributed by atoms with Crippen molar-refractivity contribution in [2.24, 2.45) is 0 Å². The van der Waals surface area contributed by atoms with E-state index in [1.807, 2.05) is 78.9 Å².